The van der Waals surface area contributed by atoms with E-state index in [0.29, 0.717) is 32.8 Å². The second-order valence-corrected chi connectivity index (χ2v) is 7.33. The van der Waals surface area contributed by atoms with Crippen molar-refractivity contribution >= 4 is 15.9 Å². The monoisotopic (exact) mass is 307 g/mol. The number of hydrogen-bond donors (Lipinski definition) is 0. The van der Waals surface area contributed by atoms with E-state index in [4.69, 9.17) is 4.74 Å². The van der Waals surface area contributed by atoms with Gasteiger partial charge in [-0.2, -0.15) is 0 Å². The van der Waals surface area contributed by atoms with Crippen molar-refractivity contribution in [2.75, 3.05) is 66.8 Å². The van der Waals surface area contributed by atoms with Gasteiger partial charge >= 0.3 is 0 Å². The molecule has 20 heavy (non-hydrogen) atoms. The van der Waals surface area contributed by atoms with Crippen LogP contribution in [0.15, 0.2) is 0 Å². The van der Waals surface area contributed by atoms with Gasteiger partial charge in [0, 0.05) is 53.9 Å². The second-order valence-electron chi connectivity index (χ2n) is 5.34. The molecule has 1 fully saturated rings. The lowest BCUT2D eigenvalue weighted by Gasteiger charge is -2.25. The van der Waals surface area contributed by atoms with Gasteiger partial charge in [0.15, 0.2) is 0 Å². The van der Waals surface area contributed by atoms with Gasteiger partial charge in [0.2, 0.25) is 15.9 Å². The Morgan fingerprint density at radius 2 is 1.95 bits per heavy atom. The van der Waals surface area contributed by atoms with E-state index in [1.54, 1.807) is 21.2 Å². The summed E-state index contributed by atoms with van der Waals surface area (Å²) in [5.74, 6) is -0.373. The number of carbonyl (C=O) groups is 1. The molecule has 1 saturated heterocycles. The van der Waals surface area contributed by atoms with Crippen LogP contribution in [-0.4, -0.2) is 95.2 Å². The molecular formula is C12H25N3O4S. The average Bonchev–Trinajstić information content (AvgIpc) is 2.57. The Labute approximate surface area is 121 Å². The van der Waals surface area contributed by atoms with Crippen LogP contribution in [-0.2, 0) is 19.6 Å². The standard InChI is InChI=1S/C12H25N3O4S/c1-13(2)12(16)11-9-14(7-8-19-3)5-6-15(10-11)20(4,17)18/h11H,5-10H2,1-4H3/t11-/m1/s1. The van der Waals surface area contributed by atoms with Crippen LogP contribution < -0.4 is 0 Å². The molecule has 0 aliphatic carbocycles. The number of ether oxygens (including phenoxy) is 1. The highest BCUT2D eigenvalue weighted by Crippen LogP contribution is 2.14. The number of amides is 1. The molecule has 0 aromatic heterocycles. The van der Waals surface area contributed by atoms with E-state index >= 15 is 0 Å². The molecule has 1 aliphatic rings. The minimum atomic E-state index is -3.28. The van der Waals surface area contributed by atoms with Crippen LogP contribution >= 0.6 is 0 Å². The lowest BCUT2D eigenvalue weighted by atomic mass is 10.1. The third kappa shape index (κ3) is 5.01. The molecule has 0 aromatic rings. The first-order chi connectivity index (χ1) is 9.25. The predicted molar refractivity (Wildman–Crippen MR) is 76.9 cm³/mol. The largest absolute Gasteiger partial charge is 0.383 e. The molecule has 1 rings (SSSR count). The third-order valence-electron chi connectivity index (χ3n) is 3.44. The zero-order valence-electron chi connectivity index (χ0n) is 12.7. The molecule has 118 valence electrons. The van der Waals surface area contributed by atoms with E-state index in [1.807, 2.05) is 0 Å². The molecule has 1 heterocycles. The van der Waals surface area contributed by atoms with Crippen molar-refractivity contribution in [3.8, 4) is 0 Å². The molecule has 0 radical (unpaired) electrons. The number of carbonyl (C=O) groups excluding carboxylic acids is 1. The highest BCUT2D eigenvalue weighted by molar-refractivity contribution is 7.88. The fourth-order valence-corrected chi connectivity index (χ4v) is 3.16. The summed E-state index contributed by atoms with van der Waals surface area (Å²) in [4.78, 5) is 15.8. The number of methoxy groups -OCH3 is 1. The first-order valence-corrected chi connectivity index (χ1v) is 8.48. The van der Waals surface area contributed by atoms with Gasteiger partial charge in [-0.05, 0) is 0 Å². The quantitative estimate of drug-likeness (QED) is 0.646. The predicted octanol–water partition coefficient (Wildman–Crippen LogP) is -1.09. The molecule has 1 atom stereocenters. The minimum absolute atomic E-state index is 0.0389. The number of rotatable bonds is 5. The van der Waals surface area contributed by atoms with Gasteiger partial charge < -0.3 is 9.64 Å². The van der Waals surface area contributed by atoms with Crippen LogP contribution in [0.4, 0.5) is 0 Å². The SMILES string of the molecule is COCCN1CCN(S(C)(=O)=O)C[C@H](C(=O)N(C)C)C1. The summed E-state index contributed by atoms with van der Waals surface area (Å²) in [6.45, 7) is 3.12. The van der Waals surface area contributed by atoms with E-state index < -0.39 is 10.0 Å². The number of hydrogen-bond acceptors (Lipinski definition) is 5. The molecule has 0 spiro atoms. The van der Waals surface area contributed by atoms with Crippen molar-refractivity contribution < 1.29 is 17.9 Å². The summed E-state index contributed by atoms with van der Waals surface area (Å²) in [6, 6.07) is 0. The maximum absolute atomic E-state index is 12.2. The zero-order valence-corrected chi connectivity index (χ0v) is 13.5. The molecular weight excluding hydrogens is 282 g/mol. The zero-order chi connectivity index (χ0) is 15.3. The van der Waals surface area contributed by atoms with Gasteiger partial charge in [0.05, 0.1) is 18.8 Å². The lowest BCUT2D eigenvalue weighted by Crippen LogP contribution is -2.42. The minimum Gasteiger partial charge on any atom is -0.383 e. The van der Waals surface area contributed by atoms with Crippen LogP contribution in [0, 0.1) is 5.92 Å². The van der Waals surface area contributed by atoms with Crippen LogP contribution in [0.1, 0.15) is 0 Å². The molecule has 7 nitrogen and oxygen atoms in total. The summed E-state index contributed by atoms with van der Waals surface area (Å²) >= 11 is 0. The Bertz CT molecular complexity index is 424. The highest BCUT2D eigenvalue weighted by atomic mass is 32.2. The van der Waals surface area contributed by atoms with Gasteiger partial charge in [0.25, 0.3) is 0 Å². The molecule has 0 saturated carbocycles. The topological polar surface area (TPSA) is 70.2 Å². The summed E-state index contributed by atoms with van der Waals surface area (Å²) in [6.07, 6.45) is 1.19. The van der Waals surface area contributed by atoms with E-state index in [-0.39, 0.29) is 18.4 Å². The summed E-state index contributed by atoms with van der Waals surface area (Å²) < 4.78 is 30.0. The fraction of sp³-hybridized carbons (Fsp3) is 0.917. The summed E-state index contributed by atoms with van der Waals surface area (Å²) in [7, 11) is 1.73. The molecule has 0 bridgehead atoms. The molecule has 1 aliphatic heterocycles. The first kappa shape index (κ1) is 17.4. The third-order valence-corrected chi connectivity index (χ3v) is 4.71. The Hall–Kier alpha value is -0.700. The fourth-order valence-electron chi connectivity index (χ4n) is 2.30. The van der Waals surface area contributed by atoms with Crippen molar-refractivity contribution in [2.24, 2.45) is 5.92 Å². The smallest absolute Gasteiger partial charge is 0.227 e. The normalized spacial score (nSPS) is 22.5. The maximum atomic E-state index is 12.2. The Balaban J connectivity index is 2.85. The second kappa shape index (κ2) is 7.35. The molecule has 1 amide bonds. The maximum Gasteiger partial charge on any atom is 0.227 e. The van der Waals surface area contributed by atoms with Crippen LogP contribution in [0.25, 0.3) is 0 Å². The van der Waals surface area contributed by atoms with E-state index in [2.05, 4.69) is 4.90 Å². The Kier molecular flexibility index (Phi) is 6.38. The van der Waals surface area contributed by atoms with Crippen LogP contribution in [0.3, 0.4) is 0 Å². The van der Waals surface area contributed by atoms with Crippen molar-refractivity contribution in [3.63, 3.8) is 0 Å². The Morgan fingerprint density at radius 1 is 1.30 bits per heavy atom. The number of sulfonamides is 1. The Morgan fingerprint density at radius 3 is 2.45 bits per heavy atom. The first-order valence-electron chi connectivity index (χ1n) is 6.63. The van der Waals surface area contributed by atoms with Crippen molar-refractivity contribution in [1.82, 2.24) is 14.1 Å². The van der Waals surface area contributed by atoms with E-state index in [9.17, 15) is 13.2 Å². The van der Waals surface area contributed by atoms with Crippen molar-refractivity contribution in [2.45, 2.75) is 0 Å². The van der Waals surface area contributed by atoms with Gasteiger partial charge in [-0.1, -0.05) is 0 Å². The molecule has 0 unspecified atom stereocenters. The summed E-state index contributed by atoms with van der Waals surface area (Å²) in [5.41, 5.74) is 0. The molecule has 0 N–H and O–H groups in total. The van der Waals surface area contributed by atoms with Crippen LogP contribution in [0.2, 0.25) is 0 Å². The van der Waals surface area contributed by atoms with E-state index in [1.165, 1.54) is 15.5 Å². The average molecular weight is 307 g/mol. The number of nitrogens with zero attached hydrogens (tertiary/aromatic N) is 3. The van der Waals surface area contributed by atoms with E-state index in [0.717, 1.165) is 0 Å². The molecule has 0 aromatic carbocycles. The van der Waals surface area contributed by atoms with Crippen molar-refractivity contribution in [3.05, 3.63) is 0 Å². The van der Waals surface area contributed by atoms with Gasteiger partial charge in [-0.15, -0.1) is 0 Å². The van der Waals surface area contributed by atoms with Crippen molar-refractivity contribution in [1.29, 1.82) is 0 Å². The van der Waals surface area contributed by atoms with Gasteiger partial charge in [0.1, 0.15) is 0 Å². The molecule has 8 heteroatoms. The van der Waals surface area contributed by atoms with Gasteiger partial charge in [-0.25, -0.2) is 12.7 Å². The lowest BCUT2D eigenvalue weighted by molar-refractivity contribution is -0.133. The van der Waals surface area contributed by atoms with Gasteiger partial charge in [-0.3, -0.25) is 9.69 Å². The summed E-state index contributed by atoms with van der Waals surface area (Å²) in [5, 5.41) is 0. The highest BCUT2D eigenvalue weighted by Gasteiger charge is 2.32. The van der Waals surface area contributed by atoms with Crippen LogP contribution in [0.5, 0.6) is 0 Å².